The number of amides is 2. The molecule has 1 saturated heterocycles. The normalized spacial score (nSPS) is 21.1. The molecule has 9 N–H and O–H groups in total. The van der Waals surface area contributed by atoms with Crippen molar-refractivity contribution in [2.75, 3.05) is 18.8 Å². The summed E-state index contributed by atoms with van der Waals surface area (Å²) in [6, 6.07) is 1.11. The second-order valence-electron chi connectivity index (χ2n) is 14.6. The molecule has 2 aliphatic heterocycles. The Morgan fingerprint density at radius 1 is 1.12 bits per heavy atom. The van der Waals surface area contributed by atoms with Gasteiger partial charge in [0.2, 0.25) is 5.60 Å². The fourth-order valence-electron chi connectivity index (χ4n) is 7.21. The first-order valence-electron chi connectivity index (χ1n) is 17.8. The topological polar surface area (TPSA) is 292 Å². The molecule has 2 amide bonds. The van der Waals surface area contributed by atoms with Crippen molar-refractivity contribution in [2.24, 2.45) is 10.6 Å². The smallest absolute Gasteiger partial charge is 0.352 e. The number of oxime groups is 1. The minimum absolute atomic E-state index is 0.00784. The number of carbonyl (C=O) groups is 4. The molecule has 2 aromatic heterocycles. The number of H-pyrrole nitrogens is 1. The van der Waals surface area contributed by atoms with E-state index in [1.54, 1.807) is 6.92 Å². The van der Waals surface area contributed by atoms with Gasteiger partial charge >= 0.3 is 17.6 Å². The predicted octanol–water partition coefficient (Wildman–Crippen LogP) is 1.48. The van der Waals surface area contributed by atoms with Crippen LogP contribution in [0.25, 0.3) is 10.9 Å². The molecule has 4 heterocycles. The zero-order chi connectivity index (χ0) is 40.7. The number of thioether (sulfide) groups is 1. The van der Waals surface area contributed by atoms with Gasteiger partial charge in [0.15, 0.2) is 22.3 Å². The summed E-state index contributed by atoms with van der Waals surface area (Å²) < 4.78 is 1.13. The van der Waals surface area contributed by atoms with E-state index in [0.717, 1.165) is 65.0 Å². The van der Waals surface area contributed by atoms with Crippen molar-refractivity contribution in [3.8, 4) is 11.5 Å². The van der Waals surface area contributed by atoms with Crippen LogP contribution < -0.4 is 27.6 Å². The number of anilines is 1. The molecule has 3 aliphatic rings. The number of carbonyl (C=O) groups excluding carboxylic acids is 2. The molecule has 1 aromatic carbocycles. The van der Waals surface area contributed by atoms with Crippen molar-refractivity contribution < 1.29 is 44.4 Å². The highest BCUT2D eigenvalue weighted by Gasteiger charge is 2.56. The number of nitrogens with zero attached hydrogens (tertiary/aromatic N) is 4. The van der Waals surface area contributed by atoms with Gasteiger partial charge in [-0.15, -0.1) is 23.1 Å². The van der Waals surface area contributed by atoms with Crippen LogP contribution in [0.2, 0.25) is 0 Å². The Labute approximate surface area is 326 Å². The van der Waals surface area contributed by atoms with Gasteiger partial charge in [-0.3, -0.25) is 23.9 Å². The van der Waals surface area contributed by atoms with E-state index in [1.807, 2.05) is 0 Å². The Morgan fingerprint density at radius 3 is 2.46 bits per heavy atom. The number of carboxylic acid groups (broad SMARTS) is 2. The third-order valence-corrected chi connectivity index (χ3v) is 12.5. The second-order valence-corrected chi connectivity index (χ2v) is 17.0. The molecular weight excluding hydrogens is 773 g/mol. The number of aromatic hydroxyl groups is 2. The van der Waals surface area contributed by atoms with Crippen LogP contribution in [0.4, 0.5) is 5.13 Å². The fourth-order valence-corrected chi connectivity index (χ4v) is 9.21. The molecule has 0 bridgehead atoms. The number of rotatable bonds is 14. The molecule has 1 aliphatic carbocycles. The van der Waals surface area contributed by atoms with Crippen LogP contribution in [-0.2, 0) is 30.6 Å². The summed E-state index contributed by atoms with van der Waals surface area (Å²) >= 11 is 2.29. The number of β-lactam (4-membered cyclic amide) rings is 1. The SMILES string of the molecule is C[C@@H]1S[C@@H]2[C@H](NC(=O)/C(=N\OC(C)(C)C(=O)O)c3csc(N)n3)C(=O)N2C(C(=O)O)=C1CNCCC1(Cn2c(=O)[nH]c3cc(O)c(O)cc3c2=O)CCCCC1. The fraction of sp³-hybridized carbons (Fsp3) is 0.486. The Morgan fingerprint density at radius 2 is 1.82 bits per heavy atom. The van der Waals surface area contributed by atoms with E-state index in [2.05, 4.69) is 25.8 Å². The third-order valence-electron chi connectivity index (χ3n) is 10.4. The summed E-state index contributed by atoms with van der Waals surface area (Å²) in [7, 11) is 0. The number of phenolic OH excluding ortho intramolecular Hbond substituents is 2. The maximum Gasteiger partial charge on any atom is 0.352 e. The number of benzene rings is 1. The van der Waals surface area contributed by atoms with Crippen molar-refractivity contribution in [3.63, 3.8) is 0 Å². The molecule has 56 heavy (non-hydrogen) atoms. The van der Waals surface area contributed by atoms with E-state index in [1.165, 1.54) is 31.0 Å². The minimum atomic E-state index is -1.80. The maximum atomic E-state index is 13.5. The molecule has 300 valence electrons. The molecule has 3 atom stereocenters. The summed E-state index contributed by atoms with van der Waals surface area (Å²) in [5, 5.41) is 49.7. The highest BCUT2D eigenvalue weighted by molar-refractivity contribution is 8.00. The van der Waals surface area contributed by atoms with Crippen LogP contribution in [0.15, 0.2) is 43.5 Å². The van der Waals surface area contributed by atoms with Gasteiger partial charge in [0.1, 0.15) is 22.8 Å². The van der Waals surface area contributed by atoms with Crippen molar-refractivity contribution in [1.82, 2.24) is 30.1 Å². The van der Waals surface area contributed by atoms with Crippen LogP contribution in [0.3, 0.4) is 0 Å². The number of carboxylic acids is 2. The lowest BCUT2D eigenvalue weighted by molar-refractivity contribution is -0.161. The summed E-state index contributed by atoms with van der Waals surface area (Å²) in [5.41, 5.74) is 2.22. The average molecular weight is 815 g/mol. The van der Waals surface area contributed by atoms with Crippen molar-refractivity contribution in [1.29, 1.82) is 0 Å². The lowest BCUT2D eigenvalue weighted by Crippen LogP contribution is -2.71. The Bertz CT molecular complexity index is 2270. The Balaban J connectivity index is 1.15. The van der Waals surface area contributed by atoms with E-state index in [4.69, 9.17) is 10.6 Å². The number of aromatic nitrogens is 3. The van der Waals surface area contributed by atoms with E-state index in [0.29, 0.717) is 18.5 Å². The molecule has 1 saturated carbocycles. The van der Waals surface area contributed by atoms with Crippen molar-refractivity contribution >= 4 is 68.6 Å². The van der Waals surface area contributed by atoms with Gasteiger partial charge in [0.25, 0.3) is 17.4 Å². The number of aliphatic carboxylic acids is 2. The van der Waals surface area contributed by atoms with Crippen LogP contribution in [0, 0.1) is 5.41 Å². The third kappa shape index (κ3) is 7.82. The van der Waals surface area contributed by atoms with Crippen LogP contribution in [0.5, 0.6) is 11.5 Å². The molecular formula is C35H42N8O11S2. The van der Waals surface area contributed by atoms with Crippen LogP contribution in [-0.4, -0.2) is 105 Å². The first-order chi connectivity index (χ1) is 26.4. The van der Waals surface area contributed by atoms with Gasteiger partial charge in [0.05, 0.1) is 10.9 Å². The van der Waals surface area contributed by atoms with Gasteiger partial charge in [-0.25, -0.2) is 19.4 Å². The quantitative estimate of drug-likeness (QED) is 0.0376. The first kappa shape index (κ1) is 40.3. The number of hydrogen-bond acceptors (Lipinski definition) is 15. The van der Waals surface area contributed by atoms with Gasteiger partial charge in [-0.05, 0) is 63.6 Å². The molecule has 0 radical (unpaired) electrons. The number of nitrogen functional groups attached to an aromatic ring is 1. The highest BCUT2D eigenvalue weighted by atomic mass is 32.2. The number of thiazole rings is 1. The van der Waals surface area contributed by atoms with E-state index < -0.39 is 79.9 Å². The zero-order valence-corrected chi connectivity index (χ0v) is 32.3. The monoisotopic (exact) mass is 814 g/mol. The van der Waals surface area contributed by atoms with E-state index in [9.17, 15) is 49.2 Å². The number of phenols is 2. The molecule has 0 unspecified atom stereocenters. The highest BCUT2D eigenvalue weighted by Crippen LogP contribution is 2.44. The number of hydrogen-bond donors (Lipinski definition) is 8. The lowest BCUT2D eigenvalue weighted by atomic mass is 9.71. The van der Waals surface area contributed by atoms with Gasteiger partial charge < -0.3 is 46.6 Å². The molecule has 0 spiro atoms. The first-order valence-corrected chi connectivity index (χ1v) is 19.6. The standard InChI is InChI=1S/C35H42N8O11S2/c1-16-18(13-37-10-9-35(7-5-4-6-8-35)15-42-27(47)17-11-21(44)22(45)12-19(17)39-33(42)53)25(30(49)50)43-28(48)24(29(43)56-16)40-26(46)23(20-14-55-32(36)38-20)41-54-34(2,3)31(51)52/h11-12,14,16,24,29,37,44-45H,4-10,13,15H2,1-3H3,(H2,36,38)(H,39,53)(H,40,46)(H,49,50)(H,51,52)/b41-23-/t16-,24+,29+/m0/s1. The van der Waals surface area contributed by atoms with Crippen LogP contribution in [0.1, 0.15) is 65.0 Å². The second kappa shape index (κ2) is 15.6. The van der Waals surface area contributed by atoms with Gasteiger partial charge in [-0.1, -0.05) is 24.4 Å². The Kier molecular flexibility index (Phi) is 11.2. The number of nitrogens with two attached hydrogens (primary N) is 1. The number of fused-ring (bicyclic) bond motifs is 2. The molecule has 19 nitrogen and oxygen atoms in total. The average Bonchev–Trinajstić information content (AvgIpc) is 3.57. The molecule has 3 aromatic rings. The lowest BCUT2D eigenvalue weighted by Gasteiger charge is -2.51. The summed E-state index contributed by atoms with van der Waals surface area (Å²) in [5.74, 6) is -5.18. The summed E-state index contributed by atoms with van der Waals surface area (Å²) in [6.07, 6.45) is 4.84. The maximum absolute atomic E-state index is 13.5. The van der Waals surface area contributed by atoms with Crippen molar-refractivity contribution in [3.05, 3.63) is 55.3 Å². The predicted molar refractivity (Wildman–Crippen MR) is 205 cm³/mol. The van der Waals surface area contributed by atoms with Crippen LogP contribution >= 0.6 is 23.1 Å². The summed E-state index contributed by atoms with van der Waals surface area (Å²) in [6.45, 7) is 4.92. The molecule has 21 heteroatoms. The number of aromatic amines is 1. The minimum Gasteiger partial charge on any atom is -0.504 e. The largest absolute Gasteiger partial charge is 0.504 e. The van der Waals surface area contributed by atoms with Gasteiger partial charge in [-0.2, -0.15) is 0 Å². The molecule has 6 rings (SSSR count). The summed E-state index contributed by atoms with van der Waals surface area (Å²) in [4.78, 5) is 90.7. The molecule has 2 fully saturated rings. The van der Waals surface area contributed by atoms with E-state index in [-0.39, 0.29) is 40.5 Å². The van der Waals surface area contributed by atoms with Crippen molar-refractivity contribution in [2.45, 2.75) is 88.1 Å². The Hall–Kier alpha value is -5.41. The number of nitrogens with one attached hydrogen (secondary N) is 3. The van der Waals surface area contributed by atoms with E-state index >= 15 is 0 Å². The van der Waals surface area contributed by atoms with Gasteiger partial charge in [0, 0.05) is 29.8 Å². The zero-order valence-electron chi connectivity index (χ0n) is 30.7.